The van der Waals surface area contributed by atoms with E-state index in [1.54, 1.807) is 35.3 Å². The first kappa shape index (κ1) is 15.8. The average Bonchev–Trinajstić information content (AvgIpc) is 2.97. The maximum absolute atomic E-state index is 11.2. The molecule has 7 heteroatoms. The van der Waals surface area contributed by atoms with Gasteiger partial charge in [-0.15, -0.1) is 11.8 Å². The van der Waals surface area contributed by atoms with Gasteiger partial charge in [-0.05, 0) is 17.7 Å². The molecule has 1 N–H and O–H groups in total. The zero-order valence-corrected chi connectivity index (χ0v) is 13.1. The summed E-state index contributed by atoms with van der Waals surface area (Å²) < 4.78 is 1.58. The van der Waals surface area contributed by atoms with Gasteiger partial charge in [-0.1, -0.05) is 30.7 Å². The minimum atomic E-state index is -1.17. The van der Waals surface area contributed by atoms with E-state index in [2.05, 4.69) is 16.2 Å². The fourth-order valence-electron chi connectivity index (χ4n) is 2.05. The van der Waals surface area contributed by atoms with Crippen molar-refractivity contribution in [3.8, 4) is 6.07 Å². The summed E-state index contributed by atoms with van der Waals surface area (Å²) in [5, 5.41) is 24.4. The summed E-state index contributed by atoms with van der Waals surface area (Å²) in [6, 6.07) is 9.16. The molecule has 21 heavy (non-hydrogen) atoms. The van der Waals surface area contributed by atoms with Crippen LogP contribution in [0.1, 0.15) is 12.5 Å². The van der Waals surface area contributed by atoms with E-state index >= 15 is 0 Å². The van der Waals surface area contributed by atoms with Crippen LogP contribution in [0, 0.1) is 11.3 Å². The Kier molecular flexibility index (Phi) is 5.23. The molecule has 110 valence electrons. The number of aromatic nitrogens is 3. The van der Waals surface area contributed by atoms with E-state index in [1.165, 1.54) is 18.1 Å². The number of halogens is 1. The smallest absolute Gasteiger partial charge is 0.137 e. The van der Waals surface area contributed by atoms with Crippen molar-refractivity contribution in [3.05, 3.63) is 47.5 Å². The zero-order valence-electron chi connectivity index (χ0n) is 11.5. The van der Waals surface area contributed by atoms with Gasteiger partial charge in [0, 0.05) is 10.3 Å². The van der Waals surface area contributed by atoms with Crippen molar-refractivity contribution in [3.63, 3.8) is 0 Å². The maximum Gasteiger partial charge on any atom is 0.137 e. The Morgan fingerprint density at radius 2 is 2.19 bits per heavy atom. The van der Waals surface area contributed by atoms with Crippen LogP contribution in [-0.4, -0.2) is 30.9 Å². The Morgan fingerprint density at radius 1 is 1.48 bits per heavy atom. The first-order chi connectivity index (χ1) is 10.1. The molecule has 0 saturated carbocycles. The fourth-order valence-corrected chi connectivity index (χ4v) is 2.99. The number of hydrogen-bond acceptors (Lipinski definition) is 5. The SMILES string of the molecule is C[C@@H](SCC#N)[C@](O)(Cn1cncn1)c1ccc(Cl)cc1. The second kappa shape index (κ2) is 6.94. The van der Waals surface area contributed by atoms with Gasteiger partial charge in [0.15, 0.2) is 0 Å². The molecule has 2 aromatic rings. The molecule has 0 unspecified atom stereocenters. The quantitative estimate of drug-likeness (QED) is 0.884. The molecule has 0 aliphatic heterocycles. The van der Waals surface area contributed by atoms with Gasteiger partial charge in [0.05, 0.1) is 18.4 Å². The van der Waals surface area contributed by atoms with Gasteiger partial charge in [0.25, 0.3) is 0 Å². The van der Waals surface area contributed by atoms with E-state index in [9.17, 15) is 5.11 Å². The minimum absolute atomic E-state index is 0.192. The van der Waals surface area contributed by atoms with Crippen LogP contribution in [-0.2, 0) is 12.1 Å². The lowest BCUT2D eigenvalue weighted by Gasteiger charge is -2.34. The van der Waals surface area contributed by atoms with Crippen molar-refractivity contribution in [2.45, 2.75) is 24.3 Å². The molecule has 0 saturated heterocycles. The van der Waals surface area contributed by atoms with Gasteiger partial charge in [0.1, 0.15) is 18.3 Å². The van der Waals surface area contributed by atoms with Gasteiger partial charge in [0.2, 0.25) is 0 Å². The van der Waals surface area contributed by atoms with Crippen LogP contribution in [0.15, 0.2) is 36.9 Å². The van der Waals surface area contributed by atoms with Crippen molar-refractivity contribution in [2.75, 3.05) is 5.75 Å². The summed E-state index contributed by atoms with van der Waals surface area (Å²) in [5.74, 6) is 0.314. The summed E-state index contributed by atoms with van der Waals surface area (Å²) in [5.41, 5.74) is -0.430. The zero-order chi connectivity index (χ0) is 15.3. The number of aliphatic hydroxyl groups is 1. The third-order valence-corrected chi connectivity index (χ3v) is 4.72. The maximum atomic E-state index is 11.2. The number of hydrogen-bond donors (Lipinski definition) is 1. The summed E-state index contributed by atoms with van der Waals surface area (Å²) in [6.07, 6.45) is 2.98. The molecule has 1 aromatic carbocycles. The van der Waals surface area contributed by atoms with E-state index in [4.69, 9.17) is 16.9 Å². The largest absolute Gasteiger partial charge is 0.382 e. The van der Waals surface area contributed by atoms with E-state index in [1.807, 2.05) is 6.92 Å². The predicted octanol–water partition coefficient (Wildman–Crippen LogP) is 2.46. The lowest BCUT2D eigenvalue weighted by molar-refractivity contribution is 0.0168. The fraction of sp³-hybridized carbons (Fsp3) is 0.357. The Labute approximate surface area is 132 Å². The number of thioether (sulfide) groups is 1. The highest BCUT2D eigenvalue weighted by molar-refractivity contribution is 8.00. The monoisotopic (exact) mass is 322 g/mol. The molecule has 0 bridgehead atoms. The predicted molar refractivity (Wildman–Crippen MR) is 82.9 cm³/mol. The standard InChI is InChI=1S/C14H15ClN4OS/c1-11(21-7-6-16)14(20,8-19-10-17-9-18-19)12-2-4-13(15)5-3-12/h2-5,9-11,20H,7-8H2,1H3/t11-,14-/m1/s1. The van der Waals surface area contributed by atoms with Crippen LogP contribution in [0.4, 0.5) is 0 Å². The Bertz CT molecular complexity index is 611. The molecule has 0 aliphatic rings. The number of rotatable bonds is 6. The van der Waals surface area contributed by atoms with E-state index in [-0.39, 0.29) is 11.8 Å². The van der Waals surface area contributed by atoms with Crippen LogP contribution < -0.4 is 0 Å². The molecule has 1 heterocycles. The molecule has 0 amide bonds. The van der Waals surface area contributed by atoms with Crippen molar-refractivity contribution in [2.24, 2.45) is 0 Å². The second-order valence-corrected chi connectivity index (χ2v) is 6.40. The van der Waals surface area contributed by atoms with E-state index in [0.717, 1.165) is 5.56 Å². The molecule has 0 aliphatic carbocycles. The normalized spacial score (nSPS) is 15.1. The molecule has 1 aromatic heterocycles. The summed E-state index contributed by atoms with van der Waals surface area (Å²) in [7, 11) is 0. The molecule has 5 nitrogen and oxygen atoms in total. The van der Waals surface area contributed by atoms with Crippen LogP contribution in [0.3, 0.4) is 0 Å². The van der Waals surface area contributed by atoms with Crippen LogP contribution in [0.5, 0.6) is 0 Å². The lowest BCUT2D eigenvalue weighted by atomic mass is 9.90. The summed E-state index contributed by atoms with van der Waals surface area (Å²) in [6.45, 7) is 2.15. The van der Waals surface area contributed by atoms with E-state index in [0.29, 0.717) is 10.8 Å². The molecule has 0 radical (unpaired) electrons. The highest BCUT2D eigenvalue weighted by Gasteiger charge is 2.37. The second-order valence-electron chi connectivity index (χ2n) is 4.64. The first-order valence-electron chi connectivity index (χ1n) is 6.35. The third-order valence-electron chi connectivity index (χ3n) is 3.28. The van der Waals surface area contributed by atoms with Gasteiger partial charge < -0.3 is 5.11 Å². The molecule has 0 spiro atoms. The lowest BCUT2D eigenvalue weighted by Crippen LogP contribution is -2.40. The topological polar surface area (TPSA) is 74.7 Å². The molecule has 2 rings (SSSR count). The van der Waals surface area contributed by atoms with Gasteiger partial charge >= 0.3 is 0 Å². The molecular weight excluding hydrogens is 308 g/mol. The van der Waals surface area contributed by atoms with Gasteiger partial charge in [-0.2, -0.15) is 10.4 Å². The van der Waals surface area contributed by atoms with Crippen LogP contribution in [0.2, 0.25) is 5.02 Å². The molecule has 2 atom stereocenters. The number of nitrogens with zero attached hydrogens (tertiary/aromatic N) is 4. The Morgan fingerprint density at radius 3 is 2.76 bits per heavy atom. The van der Waals surface area contributed by atoms with Crippen LogP contribution >= 0.6 is 23.4 Å². The molecule has 0 fully saturated rings. The molecular formula is C14H15ClN4OS. The summed E-state index contributed by atoms with van der Waals surface area (Å²) >= 11 is 7.31. The van der Waals surface area contributed by atoms with Crippen molar-refractivity contribution in [1.29, 1.82) is 5.26 Å². The van der Waals surface area contributed by atoms with Crippen molar-refractivity contribution in [1.82, 2.24) is 14.8 Å². The van der Waals surface area contributed by atoms with Gasteiger partial charge in [-0.25, -0.2) is 9.67 Å². The van der Waals surface area contributed by atoms with Gasteiger partial charge in [-0.3, -0.25) is 0 Å². The van der Waals surface area contributed by atoms with E-state index < -0.39 is 5.60 Å². The first-order valence-corrected chi connectivity index (χ1v) is 7.78. The van der Waals surface area contributed by atoms with Crippen molar-refractivity contribution < 1.29 is 5.11 Å². The third kappa shape index (κ3) is 3.76. The Balaban J connectivity index is 2.32. The number of nitriles is 1. The van der Waals surface area contributed by atoms with Crippen molar-refractivity contribution >= 4 is 23.4 Å². The van der Waals surface area contributed by atoms with Crippen LogP contribution in [0.25, 0.3) is 0 Å². The highest BCUT2D eigenvalue weighted by Crippen LogP contribution is 2.34. The Hall–Kier alpha value is -1.55. The highest BCUT2D eigenvalue weighted by atomic mass is 35.5. The number of benzene rings is 1. The summed E-state index contributed by atoms with van der Waals surface area (Å²) in [4.78, 5) is 3.90. The average molecular weight is 323 g/mol. The minimum Gasteiger partial charge on any atom is -0.382 e.